The van der Waals surface area contributed by atoms with E-state index in [0.29, 0.717) is 6.04 Å². The van der Waals surface area contributed by atoms with Crippen LogP contribution in [0.2, 0.25) is 0 Å². The van der Waals surface area contributed by atoms with E-state index < -0.39 is 0 Å². The quantitative estimate of drug-likeness (QED) is 0.879. The maximum atomic E-state index is 4.32. The highest BCUT2D eigenvalue weighted by atomic mass is 15.3. The molecule has 1 aliphatic rings. The van der Waals surface area contributed by atoms with Gasteiger partial charge in [-0.3, -0.25) is 0 Å². The molecule has 0 aromatic carbocycles. The lowest BCUT2D eigenvalue weighted by Crippen LogP contribution is -2.34. The van der Waals surface area contributed by atoms with Gasteiger partial charge in [0.2, 0.25) is 0 Å². The van der Waals surface area contributed by atoms with Crippen LogP contribution >= 0.6 is 0 Å². The first-order chi connectivity index (χ1) is 9.72. The van der Waals surface area contributed by atoms with Gasteiger partial charge in [0.05, 0.1) is 12.2 Å². The molecule has 106 valence electrons. The molecule has 3 rings (SSSR count). The van der Waals surface area contributed by atoms with Crippen molar-refractivity contribution in [1.29, 1.82) is 0 Å². The topological polar surface area (TPSA) is 71.8 Å². The normalized spacial score (nSPS) is 14.7. The van der Waals surface area contributed by atoms with E-state index in [4.69, 9.17) is 0 Å². The summed E-state index contributed by atoms with van der Waals surface area (Å²) in [6, 6.07) is 4.50. The van der Waals surface area contributed by atoms with E-state index in [2.05, 4.69) is 49.0 Å². The average molecular weight is 273 g/mol. The second-order valence-corrected chi connectivity index (χ2v) is 5.28. The lowest BCUT2D eigenvalue weighted by atomic mass is 10.3. The van der Waals surface area contributed by atoms with E-state index in [1.165, 1.54) is 0 Å². The van der Waals surface area contributed by atoms with E-state index in [1.54, 1.807) is 6.33 Å². The molecule has 0 atom stereocenters. The summed E-state index contributed by atoms with van der Waals surface area (Å²) in [5.74, 6) is 1.87. The van der Waals surface area contributed by atoms with Crippen molar-refractivity contribution >= 4 is 5.82 Å². The summed E-state index contributed by atoms with van der Waals surface area (Å²) >= 11 is 0. The summed E-state index contributed by atoms with van der Waals surface area (Å²) in [4.78, 5) is 2.18. The number of nitrogens with zero attached hydrogens (tertiary/aromatic N) is 6. The van der Waals surface area contributed by atoms with Crippen molar-refractivity contribution in [2.75, 3.05) is 11.4 Å². The Balaban J connectivity index is 1.66. The summed E-state index contributed by atoms with van der Waals surface area (Å²) in [6.45, 7) is 7.51. The molecule has 0 amide bonds. The van der Waals surface area contributed by atoms with Crippen LogP contribution in [0.4, 0.5) is 5.82 Å². The van der Waals surface area contributed by atoms with Crippen LogP contribution in [0.3, 0.4) is 0 Å². The zero-order valence-corrected chi connectivity index (χ0v) is 11.8. The molecule has 3 heterocycles. The maximum Gasteiger partial charge on any atom is 0.152 e. The van der Waals surface area contributed by atoms with Crippen molar-refractivity contribution in [2.45, 2.75) is 39.5 Å². The molecule has 1 aliphatic heterocycles. The fourth-order valence-corrected chi connectivity index (χ4v) is 2.19. The minimum Gasteiger partial charge on any atom is -0.346 e. The Kier molecular flexibility index (Phi) is 3.60. The first-order valence-corrected chi connectivity index (χ1v) is 6.90. The summed E-state index contributed by atoms with van der Waals surface area (Å²) in [7, 11) is 0. The van der Waals surface area contributed by atoms with E-state index in [0.717, 1.165) is 43.5 Å². The Hall–Kier alpha value is -2.02. The number of rotatable bonds is 4. The number of nitrogens with one attached hydrogen (secondary N) is 1. The van der Waals surface area contributed by atoms with Crippen molar-refractivity contribution in [2.24, 2.45) is 0 Å². The van der Waals surface area contributed by atoms with Gasteiger partial charge >= 0.3 is 0 Å². The Bertz CT molecular complexity index is 560. The van der Waals surface area contributed by atoms with Crippen LogP contribution in [0.5, 0.6) is 0 Å². The number of aromatic nitrogens is 5. The molecule has 1 N–H and O–H groups in total. The van der Waals surface area contributed by atoms with Crippen LogP contribution in [0, 0.1) is 0 Å². The molecule has 0 spiro atoms. The predicted molar refractivity (Wildman–Crippen MR) is 75.1 cm³/mol. The van der Waals surface area contributed by atoms with Gasteiger partial charge in [0.15, 0.2) is 11.6 Å². The largest absolute Gasteiger partial charge is 0.346 e. The Morgan fingerprint density at radius 3 is 2.85 bits per heavy atom. The molecule has 7 heteroatoms. The van der Waals surface area contributed by atoms with E-state index in [9.17, 15) is 0 Å². The third-order valence-corrected chi connectivity index (χ3v) is 3.36. The van der Waals surface area contributed by atoms with Crippen LogP contribution in [0.1, 0.15) is 25.4 Å². The SMILES string of the molecule is CC(C)NCc1ccc(N2CCn3cnnc3C2)nn1. The van der Waals surface area contributed by atoms with Gasteiger partial charge < -0.3 is 14.8 Å². The standard InChI is InChI=1S/C13H19N7/c1-10(2)14-7-11-3-4-12(18-16-11)19-5-6-20-9-15-17-13(20)8-19/h3-4,9-10,14H,5-8H2,1-2H3. The molecule has 0 saturated heterocycles. The first-order valence-electron chi connectivity index (χ1n) is 6.90. The number of hydrogen-bond donors (Lipinski definition) is 1. The highest BCUT2D eigenvalue weighted by Gasteiger charge is 2.18. The van der Waals surface area contributed by atoms with Crippen LogP contribution in [0.15, 0.2) is 18.5 Å². The molecule has 0 aliphatic carbocycles. The van der Waals surface area contributed by atoms with Gasteiger partial charge in [-0.15, -0.1) is 15.3 Å². The van der Waals surface area contributed by atoms with Gasteiger partial charge in [0.25, 0.3) is 0 Å². The molecule has 0 unspecified atom stereocenters. The van der Waals surface area contributed by atoms with Crippen LogP contribution < -0.4 is 10.2 Å². The summed E-state index contributed by atoms with van der Waals surface area (Å²) in [5.41, 5.74) is 0.961. The monoisotopic (exact) mass is 273 g/mol. The van der Waals surface area contributed by atoms with Crippen molar-refractivity contribution in [3.8, 4) is 0 Å². The highest BCUT2D eigenvalue weighted by molar-refractivity contribution is 5.38. The molecule has 20 heavy (non-hydrogen) atoms. The lowest BCUT2D eigenvalue weighted by molar-refractivity contribution is 0.551. The maximum absolute atomic E-state index is 4.32. The fraction of sp³-hybridized carbons (Fsp3) is 0.538. The smallest absolute Gasteiger partial charge is 0.152 e. The van der Waals surface area contributed by atoms with Gasteiger partial charge in [-0.05, 0) is 12.1 Å². The molecule has 7 nitrogen and oxygen atoms in total. The molecular formula is C13H19N7. The second-order valence-electron chi connectivity index (χ2n) is 5.28. The summed E-state index contributed by atoms with van der Waals surface area (Å²) in [5, 5.41) is 20.0. The Labute approximate surface area is 118 Å². The van der Waals surface area contributed by atoms with Crippen molar-refractivity contribution in [1.82, 2.24) is 30.3 Å². The van der Waals surface area contributed by atoms with Crippen molar-refractivity contribution in [3.63, 3.8) is 0 Å². The van der Waals surface area contributed by atoms with Gasteiger partial charge in [0.1, 0.15) is 6.33 Å². The van der Waals surface area contributed by atoms with Gasteiger partial charge in [0, 0.05) is 25.7 Å². The third kappa shape index (κ3) is 2.77. The van der Waals surface area contributed by atoms with E-state index in [-0.39, 0.29) is 0 Å². The summed E-state index contributed by atoms with van der Waals surface area (Å²) < 4.78 is 2.07. The lowest BCUT2D eigenvalue weighted by Gasteiger charge is -2.27. The molecule has 0 fully saturated rings. The van der Waals surface area contributed by atoms with Crippen molar-refractivity contribution in [3.05, 3.63) is 30.0 Å². The molecule has 0 bridgehead atoms. The Morgan fingerprint density at radius 2 is 2.10 bits per heavy atom. The predicted octanol–water partition coefficient (Wildman–Crippen LogP) is 0.586. The molecule has 0 saturated carbocycles. The fourth-order valence-electron chi connectivity index (χ4n) is 2.19. The third-order valence-electron chi connectivity index (χ3n) is 3.36. The minimum atomic E-state index is 0.449. The van der Waals surface area contributed by atoms with Crippen LogP contribution in [0.25, 0.3) is 0 Å². The zero-order valence-electron chi connectivity index (χ0n) is 11.8. The van der Waals surface area contributed by atoms with E-state index >= 15 is 0 Å². The number of anilines is 1. The van der Waals surface area contributed by atoms with Gasteiger partial charge in [-0.2, -0.15) is 5.10 Å². The van der Waals surface area contributed by atoms with Crippen molar-refractivity contribution < 1.29 is 0 Å². The second kappa shape index (κ2) is 5.54. The highest BCUT2D eigenvalue weighted by Crippen LogP contribution is 2.16. The van der Waals surface area contributed by atoms with Gasteiger partial charge in [-0.1, -0.05) is 13.8 Å². The summed E-state index contributed by atoms with van der Waals surface area (Å²) in [6.07, 6.45) is 1.78. The number of fused-ring (bicyclic) bond motifs is 1. The molecule has 2 aromatic rings. The average Bonchev–Trinajstić information content (AvgIpc) is 2.93. The first kappa shape index (κ1) is 13.0. The minimum absolute atomic E-state index is 0.449. The molecular weight excluding hydrogens is 254 g/mol. The van der Waals surface area contributed by atoms with Crippen LogP contribution in [-0.4, -0.2) is 37.5 Å². The Morgan fingerprint density at radius 1 is 1.20 bits per heavy atom. The van der Waals surface area contributed by atoms with E-state index in [1.807, 2.05) is 12.1 Å². The molecule has 0 radical (unpaired) electrons. The zero-order chi connectivity index (χ0) is 13.9. The molecule has 2 aromatic heterocycles. The number of hydrogen-bond acceptors (Lipinski definition) is 6. The van der Waals surface area contributed by atoms with Crippen LogP contribution in [-0.2, 0) is 19.6 Å². The van der Waals surface area contributed by atoms with Gasteiger partial charge in [-0.25, -0.2) is 0 Å².